The first-order valence-corrected chi connectivity index (χ1v) is 25.5. The van der Waals surface area contributed by atoms with Crippen molar-refractivity contribution in [3.63, 3.8) is 0 Å². The van der Waals surface area contributed by atoms with Crippen LogP contribution in [0.25, 0.3) is 0 Å². The van der Waals surface area contributed by atoms with Gasteiger partial charge >= 0.3 is 115 Å². The monoisotopic (exact) mass is 1240 g/mol. The van der Waals surface area contributed by atoms with E-state index in [4.69, 9.17) is 10.2 Å². The van der Waals surface area contributed by atoms with Gasteiger partial charge in [-0.2, -0.15) is 0 Å². The van der Waals surface area contributed by atoms with Crippen LogP contribution in [0.3, 0.4) is 0 Å². The van der Waals surface area contributed by atoms with E-state index >= 15 is 0 Å². The van der Waals surface area contributed by atoms with Crippen LogP contribution in [0.2, 0.25) is 0 Å². The van der Waals surface area contributed by atoms with Gasteiger partial charge in [0.15, 0.2) is 12.2 Å². The van der Waals surface area contributed by atoms with Crippen LogP contribution in [-0.4, -0.2) is 164 Å². The Bertz CT molecular complexity index is 2680. The van der Waals surface area contributed by atoms with E-state index in [-0.39, 0.29) is 147 Å². The van der Waals surface area contributed by atoms with E-state index < -0.39 is 95.6 Å². The second kappa shape index (κ2) is 26.9. The van der Waals surface area contributed by atoms with Gasteiger partial charge in [-0.05, 0) is 44.1 Å². The number of nitrogens with zero attached hydrogens (tertiary/aromatic N) is 10. The van der Waals surface area contributed by atoms with Crippen molar-refractivity contribution in [2.75, 3.05) is 23.0 Å². The molecule has 2 saturated heterocycles. The van der Waals surface area contributed by atoms with Crippen molar-refractivity contribution >= 4 is 126 Å². The Labute approximate surface area is 524 Å². The number of carbonyl (C=O) groups is 8. The first-order valence-electron chi connectivity index (χ1n) is 19.8. The number of carbonyl (C=O) groups excluding carboxylic acids is 6. The molecule has 0 radical (unpaired) electrons. The third-order valence-electron chi connectivity index (χ3n) is 10.3. The minimum absolute atomic E-state index is 0. The van der Waals surface area contributed by atoms with Gasteiger partial charge in [-0.3, -0.25) is 38.6 Å². The molecule has 0 saturated carbocycles. The number of thioether (sulfide) groups is 4. The molecule has 4 aliphatic heterocycles. The summed E-state index contributed by atoms with van der Waals surface area (Å²) in [6.07, 6.45) is -3.05. The Hall–Kier alpha value is -2.63. The molecule has 4 amide bonds. The normalized spacial score (nSPS) is 19.6. The molecule has 4 aliphatic rings. The second-order valence-electron chi connectivity index (χ2n) is 14.7. The number of aliphatic carboxylic acids is 4. The first kappa shape index (κ1) is 60.2. The van der Waals surface area contributed by atoms with Crippen LogP contribution in [0.15, 0.2) is 90.3 Å². The molecule has 8 rings (SSSR count). The summed E-state index contributed by atoms with van der Waals surface area (Å²) >= 11 is 11.1. The van der Waals surface area contributed by atoms with E-state index in [0.717, 1.165) is 42.7 Å². The van der Waals surface area contributed by atoms with Crippen molar-refractivity contribution in [1.29, 1.82) is 0 Å². The molecule has 34 heteroatoms. The van der Waals surface area contributed by atoms with Crippen LogP contribution >= 0.6 is 78.9 Å². The van der Waals surface area contributed by atoms with Crippen molar-refractivity contribution in [3.8, 4) is 0 Å². The smallest absolute Gasteiger partial charge is 0.543 e. The van der Waals surface area contributed by atoms with E-state index in [9.17, 15) is 58.8 Å². The van der Waals surface area contributed by atoms with E-state index in [1.165, 1.54) is 23.5 Å². The van der Waals surface area contributed by atoms with Gasteiger partial charge in [0.2, 0.25) is 10.3 Å². The Morgan fingerprint density at radius 2 is 1.03 bits per heavy atom. The molecule has 2 aromatic heterocycles. The van der Waals surface area contributed by atoms with Crippen LogP contribution in [0, 0.1) is 0 Å². The number of rotatable bonds is 18. The number of nitrogens with one attached hydrogen (secondary N) is 2. The molecule has 2 aromatic carbocycles. The predicted molar refractivity (Wildman–Crippen MR) is 245 cm³/mol. The standard InChI is InChI=1S/2C19H17BrN6O7S2.2K/c2*20-10-4-2-1-3-9(10)14(29)15(30)21-12-16(31)26-13(18(32)33)8(6-34-17(12)26)7-35-19-22-23-24-25(19)5-11(27)28;;/h2*1-4,12,14,17,29H,5-7H2,(H,21,30)(H,27,28)(H,32,33);;/q;;2*+1/p-2/t2*12?,14-,17-;;/m11../s1. The molecule has 4 aromatic rings. The number of hydrogen-bond donors (Lipinski definition) is 6. The Morgan fingerprint density at radius 3 is 1.36 bits per heavy atom. The van der Waals surface area contributed by atoms with E-state index in [2.05, 4.69) is 73.5 Å². The zero-order valence-electron chi connectivity index (χ0n) is 37.1. The molecule has 6 heterocycles. The van der Waals surface area contributed by atoms with Gasteiger partial charge in [0, 0.05) is 43.1 Å². The van der Waals surface area contributed by atoms with Gasteiger partial charge in [-0.1, -0.05) is 91.8 Å². The van der Waals surface area contributed by atoms with Gasteiger partial charge in [0.05, 0.1) is 23.3 Å². The number of carboxylic acid groups (broad SMARTS) is 4. The topological polar surface area (TPSA) is 381 Å². The van der Waals surface area contributed by atoms with Crippen molar-refractivity contribution < 1.29 is 172 Å². The van der Waals surface area contributed by atoms with Crippen LogP contribution in [0.5, 0.6) is 0 Å². The fourth-order valence-electron chi connectivity index (χ4n) is 7.06. The number of amides is 4. The molecule has 72 heavy (non-hydrogen) atoms. The van der Waals surface area contributed by atoms with E-state index in [1.54, 1.807) is 48.5 Å². The number of tetrazole rings is 2. The first-order chi connectivity index (χ1) is 33.4. The van der Waals surface area contributed by atoms with Gasteiger partial charge in [-0.15, -0.1) is 33.7 Å². The van der Waals surface area contributed by atoms with Crippen molar-refractivity contribution in [2.45, 2.75) is 58.4 Å². The average Bonchev–Trinajstić information content (AvgIpc) is 3.97. The summed E-state index contributed by atoms with van der Waals surface area (Å²) in [7, 11) is 0. The number of aliphatic hydroxyl groups is 2. The number of aromatic nitrogens is 8. The van der Waals surface area contributed by atoms with Crippen molar-refractivity contribution in [1.82, 2.24) is 60.8 Å². The number of fused-ring (bicyclic) bond motifs is 2. The number of hydrogen-bond acceptors (Lipinski definition) is 22. The molecule has 0 bridgehead atoms. The van der Waals surface area contributed by atoms with Crippen molar-refractivity contribution in [2.24, 2.45) is 0 Å². The summed E-state index contributed by atoms with van der Waals surface area (Å²) < 4.78 is 3.16. The zero-order valence-corrected chi connectivity index (χ0v) is 49.7. The molecule has 2 unspecified atom stereocenters. The number of β-lactam (4-membered cyclic amide) rings is 2. The zero-order chi connectivity index (χ0) is 50.6. The van der Waals surface area contributed by atoms with Gasteiger partial charge in [-0.25, -0.2) is 9.36 Å². The van der Waals surface area contributed by atoms with Crippen LogP contribution in [-0.2, 0) is 51.4 Å². The average molecular weight is 1250 g/mol. The molecule has 2 fully saturated rings. The van der Waals surface area contributed by atoms with E-state index in [1.807, 2.05) is 0 Å². The molecule has 6 atom stereocenters. The summed E-state index contributed by atoms with van der Waals surface area (Å²) in [5.41, 5.74) is 0.773. The molecule has 26 nitrogen and oxygen atoms in total. The Balaban J connectivity index is 0.000000260. The molecular formula is C38H32Br2K2N12O14S4. The summed E-state index contributed by atoms with van der Waals surface area (Å²) in [6, 6.07) is 11.2. The van der Waals surface area contributed by atoms with Crippen molar-refractivity contribution in [3.05, 3.63) is 91.1 Å². The second-order valence-corrected chi connectivity index (χ2v) is 20.5. The Morgan fingerprint density at radius 1 is 0.667 bits per heavy atom. The summed E-state index contributed by atoms with van der Waals surface area (Å²) in [6.45, 7) is -0.925. The quantitative estimate of drug-likeness (QED) is 0.0306. The number of halogens is 2. The van der Waals surface area contributed by atoms with Gasteiger partial charge in [0.1, 0.15) is 35.9 Å². The maximum Gasteiger partial charge on any atom is 1.00 e. The summed E-state index contributed by atoms with van der Waals surface area (Å²) in [5.74, 6) is -7.70. The van der Waals surface area contributed by atoms with E-state index in [0.29, 0.717) is 31.2 Å². The minimum Gasteiger partial charge on any atom is -0.543 e. The van der Waals surface area contributed by atoms with Crippen LogP contribution < -0.4 is 124 Å². The third kappa shape index (κ3) is 13.7. The summed E-state index contributed by atoms with van der Waals surface area (Å²) in [5, 5.41) is 87.9. The molecule has 0 spiro atoms. The minimum atomic E-state index is -1.55. The third-order valence-corrected chi connectivity index (χ3v) is 16.5. The maximum absolute atomic E-state index is 12.8. The molecule has 368 valence electrons. The fraction of sp³-hybridized carbons (Fsp3) is 0.316. The fourth-order valence-corrected chi connectivity index (χ4v) is 12.8. The van der Waals surface area contributed by atoms with Gasteiger partial charge in [0.25, 0.3) is 23.6 Å². The number of aliphatic hydroxyl groups excluding tert-OH is 2. The van der Waals surface area contributed by atoms with Gasteiger partial charge < -0.3 is 50.9 Å². The SMILES string of the molecule is O=C(O)Cn1nnnc1SCC1=C(C(=O)[O-])N2C(=O)C(NC(=O)[C@H](O)c3ccccc3Br)[C@H]2SC1.O=C(O)Cn1nnnc1SCC1=C(C(=O)[O-])N2C(=O)C(NC(=O)[C@H](O)c3ccccc3Br)[C@H]2SC1.[K+].[K+]. The van der Waals surface area contributed by atoms with Crippen LogP contribution in [0.1, 0.15) is 23.3 Å². The number of benzene rings is 2. The molecule has 6 N–H and O–H groups in total. The Kier molecular flexibility index (Phi) is 22.5. The maximum atomic E-state index is 12.8. The largest absolute Gasteiger partial charge is 1.00 e. The summed E-state index contributed by atoms with van der Waals surface area (Å²) in [4.78, 5) is 98.5. The number of carboxylic acids is 4. The van der Waals surface area contributed by atoms with Crippen LogP contribution in [0.4, 0.5) is 0 Å². The molecule has 0 aliphatic carbocycles. The predicted octanol–water partition coefficient (Wildman–Crippen LogP) is -8.49. The molecular weight excluding hydrogens is 1210 g/mol.